The Morgan fingerprint density at radius 1 is 1.22 bits per heavy atom. The molecule has 0 radical (unpaired) electrons. The van der Waals surface area contributed by atoms with E-state index >= 15 is 0 Å². The predicted octanol–water partition coefficient (Wildman–Crippen LogP) is 1.54. The van der Waals surface area contributed by atoms with Crippen LogP contribution in [0.1, 0.15) is 16.8 Å². The van der Waals surface area contributed by atoms with Gasteiger partial charge in [-0.15, -0.1) is 0 Å². The summed E-state index contributed by atoms with van der Waals surface area (Å²) in [7, 11) is 1.44. The third kappa shape index (κ3) is 3.61. The monoisotopic (exact) mass is 331 g/mol. The van der Waals surface area contributed by atoms with Gasteiger partial charge in [0.2, 0.25) is 0 Å². The van der Waals surface area contributed by atoms with E-state index in [1.165, 1.54) is 31.4 Å². The average Bonchev–Trinajstić information content (AvgIpc) is 2.87. The molecule has 1 heterocycles. The van der Waals surface area contributed by atoms with Crippen LogP contribution in [0.4, 0.5) is 13.2 Å². The van der Waals surface area contributed by atoms with Crippen molar-refractivity contribution in [3.05, 3.63) is 29.8 Å². The maximum atomic E-state index is 12.2. The number of imide groups is 1. The molecule has 23 heavy (non-hydrogen) atoms. The molecule has 1 aliphatic heterocycles. The highest BCUT2D eigenvalue weighted by Crippen LogP contribution is 2.23. The standard InChI is InChI=1S/C14H12F3NO5/c1-22-9-4-2-8(3-5-9)11(19)18-7-6-10(12(18)20)23-13(21)14(15,16)17/h2-5,10H,6-7H2,1H3. The van der Waals surface area contributed by atoms with Gasteiger partial charge in [0.1, 0.15) is 5.75 Å². The first kappa shape index (κ1) is 16.8. The second-order valence-electron chi connectivity index (χ2n) is 4.70. The first-order valence-electron chi connectivity index (χ1n) is 6.51. The maximum Gasteiger partial charge on any atom is 0.490 e. The highest BCUT2D eigenvalue weighted by Gasteiger charge is 2.46. The molecule has 1 atom stereocenters. The smallest absolute Gasteiger partial charge is 0.490 e. The van der Waals surface area contributed by atoms with Gasteiger partial charge in [0, 0.05) is 18.5 Å². The molecule has 1 aromatic carbocycles. The Bertz CT molecular complexity index is 626. The summed E-state index contributed by atoms with van der Waals surface area (Å²) in [6.07, 6.45) is -6.97. The average molecular weight is 331 g/mol. The third-order valence-electron chi connectivity index (χ3n) is 3.22. The van der Waals surface area contributed by atoms with Crippen molar-refractivity contribution < 1.29 is 37.0 Å². The molecule has 124 valence electrons. The fourth-order valence-electron chi connectivity index (χ4n) is 2.05. The van der Waals surface area contributed by atoms with E-state index in [1.807, 2.05) is 0 Å². The molecule has 1 aliphatic rings. The van der Waals surface area contributed by atoms with Gasteiger partial charge >= 0.3 is 12.1 Å². The van der Waals surface area contributed by atoms with E-state index in [9.17, 15) is 27.6 Å². The van der Waals surface area contributed by atoms with E-state index in [1.54, 1.807) is 0 Å². The number of halogens is 3. The zero-order valence-corrected chi connectivity index (χ0v) is 11.9. The van der Waals surface area contributed by atoms with Crippen molar-refractivity contribution in [1.82, 2.24) is 4.90 Å². The lowest BCUT2D eigenvalue weighted by Gasteiger charge is -2.15. The van der Waals surface area contributed by atoms with Gasteiger partial charge < -0.3 is 9.47 Å². The quantitative estimate of drug-likeness (QED) is 0.620. The van der Waals surface area contributed by atoms with Gasteiger partial charge in [-0.25, -0.2) is 4.79 Å². The molecular formula is C14H12F3NO5. The van der Waals surface area contributed by atoms with Crippen LogP contribution >= 0.6 is 0 Å². The van der Waals surface area contributed by atoms with Gasteiger partial charge in [-0.1, -0.05) is 0 Å². The second kappa shape index (κ2) is 6.27. The van der Waals surface area contributed by atoms with E-state index in [4.69, 9.17) is 4.74 Å². The Morgan fingerprint density at radius 3 is 2.35 bits per heavy atom. The molecule has 1 unspecified atom stereocenters. The van der Waals surface area contributed by atoms with Gasteiger partial charge in [-0.05, 0) is 24.3 Å². The topological polar surface area (TPSA) is 72.9 Å². The minimum Gasteiger partial charge on any atom is -0.497 e. The van der Waals surface area contributed by atoms with Crippen LogP contribution in [0.3, 0.4) is 0 Å². The lowest BCUT2D eigenvalue weighted by molar-refractivity contribution is -0.204. The maximum absolute atomic E-state index is 12.2. The van der Waals surface area contributed by atoms with Crippen LogP contribution in [0.15, 0.2) is 24.3 Å². The number of esters is 1. The van der Waals surface area contributed by atoms with Gasteiger partial charge in [0.25, 0.3) is 11.8 Å². The molecule has 1 aromatic rings. The fourth-order valence-corrected chi connectivity index (χ4v) is 2.05. The number of hydrogen-bond donors (Lipinski definition) is 0. The molecule has 1 fully saturated rings. The van der Waals surface area contributed by atoms with Gasteiger partial charge in [-0.2, -0.15) is 13.2 Å². The molecule has 0 aromatic heterocycles. The molecule has 0 saturated carbocycles. The summed E-state index contributed by atoms with van der Waals surface area (Å²) in [5.41, 5.74) is 0.168. The van der Waals surface area contributed by atoms with Crippen molar-refractivity contribution in [2.45, 2.75) is 18.7 Å². The molecule has 0 N–H and O–H groups in total. The number of methoxy groups -OCH3 is 1. The van der Waals surface area contributed by atoms with E-state index in [-0.39, 0.29) is 18.5 Å². The van der Waals surface area contributed by atoms with Crippen LogP contribution in [-0.4, -0.2) is 48.6 Å². The van der Waals surface area contributed by atoms with Crippen molar-refractivity contribution in [2.75, 3.05) is 13.7 Å². The van der Waals surface area contributed by atoms with Crippen LogP contribution in [0.5, 0.6) is 5.75 Å². The SMILES string of the molecule is COc1ccc(C(=O)N2CCC(OC(=O)C(F)(F)F)C2=O)cc1. The van der Waals surface area contributed by atoms with E-state index < -0.39 is 30.1 Å². The van der Waals surface area contributed by atoms with Crippen LogP contribution in [0.2, 0.25) is 0 Å². The molecule has 6 nitrogen and oxygen atoms in total. The Morgan fingerprint density at radius 2 is 1.83 bits per heavy atom. The Balaban J connectivity index is 2.06. The van der Waals surface area contributed by atoms with Crippen molar-refractivity contribution in [1.29, 1.82) is 0 Å². The summed E-state index contributed by atoms with van der Waals surface area (Å²) in [4.78, 5) is 35.7. The highest BCUT2D eigenvalue weighted by atomic mass is 19.4. The predicted molar refractivity (Wildman–Crippen MR) is 69.6 cm³/mol. The fraction of sp³-hybridized carbons (Fsp3) is 0.357. The molecule has 2 amide bonds. The van der Waals surface area contributed by atoms with Crippen LogP contribution < -0.4 is 4.74 Å². The minimum absolute atomic E-state index is 0.125. The zero-order chi connectivity index (χ0) is 17.2. The molecule has 0 aliphatic carbocycles. The van der Waals surface area contributed by atoms with E-state index in [0.717, 1.165) is 4.90 Å². The minimum atomic E-state index is -5.19. The number of amides is 2. The number of carbonyl (C=O) groups excluding carboxylic acids is 3. The number of nitrogens with zero attached hydrogens (tertiary/aromatic N) is 1. The van der Waals surface area contributed by atoms with Crippen LogP contribution in [0.25, 0.3) is 0 Å². The molecule has 9 heteroatoms. The zero-order valence-electron chi connectivity index (χ0n) is 11.9. The lowest BCUT2D eigenvalue weighted by Crippen LogP contribution is -2.38. The Labute approximate surface area is 128 Å². The number of hydrogen-bond acceptors (Lipinski definition) is 5. The number of likely N-dealkylation sites (tertiary alicyclic amines) is 1. The summed E-state index contributed by atoms with van der Waals surface area (Å²) in [5.74, 6) is -3.59. The first-order chi connectivity index (χ1) is 10.7. The normalized spacial score (nSPS) is 18.0. The van der Waals surface area contributed by atoms with Gasteiger partial charge in [0.15, 0.2) is 6.10 Å². The number of carbonyl (C=O) groups is 3. The molecule has 0 bridgehead atoms. The number of alkyl halides is 3. The highest BCUT2D eigenvalue weighted by molar-refractivity contribution is 6.07. The number of ether oxygens (including phenoxy) is 2. The summed E-state index contributed by atoms with van der Waals surface area (Å²) >= 11 is 0. The first-order valence-corrected chi connectivity index (χ1v) is 6.51. The molecular weight excluding hydrogens is 319 g/mol. The Kier molecular flexibility index (Phi) is 4.57. The molecule has 2 rings (SSSR count). The number of benzene rings is 1. The largest absolute Gasteiger partial charge is 0.497 e. The molecule has 1 saturated heterocycles. The summed E-state index contributed by atoms with van der Waals surface area (Å²) in [6.45, 7) is -0.125. The summed E-state index contributed by atoms with van der Waals surface area (Å²) in [5, 5.41) is 0. The third-order valence-corrected chi connectivity index (χ3v) is 3.22. The van der Waals surface area contributed by atoms with Crippen LogP contribution in [0, 0.1) is 0 Å². The second-order valence-corrected chi connectivity index (χ2v) is 4.70. The molecule has 0 spiro atoms. The Hall–Kier alpha value is -2.58. The van der Waals surface area contributed by atoms with Crippen molar-refractivity contribution in [3.63, 3.8) is 0 Å². The lowest BCUT2D eigenvalue weighted by atomic mass is 10.2. The van der Waals surface area contributed by atoms with Crippen molar-refractivity contribution in [2.24, 2.45) is 0 Å². The summed E-state index contributed by atoms with van der Waals surface area (Å²) < 4.78 is 45.5. The van der Waals surface area contributed by atoms with Crippen molar-refractivity contribution >= 4 is 17.8 Å². The van der Waals surface area contributed by atoms with Crippen molar-refractivity contribution in [3.8, 4) is 5.75 Å². The van der Waals surface area contributed by atoms with Gasteiger partial charge in [-0.3, -0.25) is 14.5 Å². The van der Waals surface area contributed by atoms with Crippen LogP contribution in [-0.2, 0) is 14.3 Å². The summed E-state index contributed by atoms with van der Waals surface area (Å²) in [6, 6.07) is 5.86. The van der Waals surface area contributed by atoms with Gasteiger partial charge in [0.05, 0.1) is 7.11 Å². The van der Waals surface area contributed by atoms with E-state index in [2.05, 4.69) is 4.74 Å². The van der Waals surface area contributed by atoms with E-state index in [0.29, 0.717) is 5.75 Å². The number of rotatable bonds is 3.